The number of hydrogen-bond acceptors (Lipinski definition) is 3. The van der Waals surface area contributed by atoms with Crippen molar-refractivity contribution in [1.82, 2.24) is 0 Å². The van der Waals surface area contributed by atoms with Gasteiger partial charge in [-0.05, 0) is 52.9 Å². The molecule has 1 aliphatic rings. The molecule has 1 aromatic rings. The number of aliphatic hydroxyl groups excluding tert-OH is 1. The second-order valence-electron chi connectivity index (χ2n) is 4.72. The third-order valence-corrected chi connectivity index (χ3v) is 4.01. The molecule has 1 heterocycles. The summed E-state index contributed by atoms with van der Waals surface area (Å²) in [5, 5.41) is 16.7. The van der Waals surface area contributed by atoms with Crippen LogP contribution in [0.5, 0.6) is 0 Å². The minimum Gasteiger partial charge on any atom is -0.396 e. The lowest BCUT2D eigenvalue weighted by Crippen LogP contribution is -2.37. The van der Waals surface area contributed by atoms with Gasteiger partial charge in [0.1, 0.15) is 5.84 Å². The van der Waals surface area contributed by atoms with Crippen LogP contribution in [0, 0.1) is 11.3 Å². The van der Waals surface area contributed by atoms with Crippen LogP contribution in [0.3, 0.4) is 0 Å². The summed E-state index contributed by atoms with van der Waals surface area (Å²) < 4.78 is 0.953. The molecule has 0 spiro atoms. The molecular formula is C13H18BrN3O. The first-order valence-electron chi connectivity index (χ1n) is 6.11. The van der Waals surface area contributed by atoms with Gasteiger partial charge in [-0.1, -0.05) is 0 Å². The molecule has 5 heteroatoms. The van der Waals surface area contributed by atoms with E-state index in [1.807, 2.05) is 18.2 Å². The zero-order valence-electron chi connectivity index (χ0n) is 10.2. The topological polar surface area (TPSA) is 73.3 Å². The predicted molar refractivity (Wildman–Crippen MR) is 77.2 cm³/mol. The first-order chi connectivity index (χ1) is 8.61. The van der Waals surface area contributed by atoms with Crippen molar-refractivity contribution >= 4 is 27.5 Å². The molecule has 0 bridgehead atoms. The van der Waals surface area contributed by atoms with Crippen LogP contribution in [-0.2, 0) is 0 Å². The zero-order valence-corrected chi connectivity index (χ0v) is 11.8. The van der Waals surface area contributed by atoms with Crippen molar-refractivity contribution in [1.29, 1.82) is 5.41 Å². The monoisotopic (exact) mass is 311 g/mol. The Morgan fingerprint density at radius 2 is 2.33 bits per heavy atom. The molecule has 1 atom stereocenters. The van der Waals surface area contributed by atoms with E-state index in [0.717, 1.165) is 41.7 Å². The van der Waals surface area contributed by atoms with Gasteiger partial charge in [0.25, 0.3) is 0 Å². The molecule has 0 saturated carbocycles. The van der Waals surface area contributed by atoms with E-state index in [0.29, 0.717) is 5.92 Å². The SMILES string of the molecule is N=C(N)c1ccc(N2CCCC(CO)C2)c(Br)c1. The summed E-state index contributed by atoms with van der Waals surface area (Å²) in [5.74, 6) is 0.437. The average Bonchev–Trinajstić information content (AvgIpc) is 2.38. The van der Waals surface area contributed by atoms with E-state index in [2.05, 4.69) is 20.8 Å². The third kappa shape index (κ3) is 2.84. The molecule has 0 radical (unpaired) electrons. The van der Waals surface area contributed by atoms with Gasteiger partial charge in [0.2, 0.25) is 0 Å². The molecule has 1 fully saturated rings. The molecule has 0 amide bonds. The van der Waals surface area contributed by atoms with E-state index in [9.17, 15) is 5.11 Å². The summed E-state index contributed by atoms with van der Waals surface area (Å²) in [6.07, 6.45) is 2.20. The number of aliphatic hydroxyl groups is 1. The number of rotatable bonds is 3. The minimum absolute atomic E-state index is 0.0779. The van der Waals surface area contributed by atoms with E-state index in [4.69, 9.17) is 11.1 Å². The number of anilines is 1. The van der Waals surface area contributed by atoms with Crippen molar-refractivity contribution in [3.8, 4) is 0 Å². The number of benzene rings is 1. The maximum Gasteiger partial charge on any atom is 0.122 e. The van der Waals surface area contributed by atoms with Crippen LogP contribution in [0.1, 0.15) is 18.4 Å². The highest BCUT2D eigenvalue weighted by Crippen LogP contribution is 2.30. The van der Waals surface area contributed by atoms with Crippen molar-refractivity contribution in [3.05, 3.63) is 28.2 Å². The summed E-state index contributed by atoms with van der Waals surface area (Å²) in [6, 6.07) is 5.73. The molecule has 2 rings (SSSR count). The highest BCUT2D eigenvalue weighted by atomic mass is 79.9. The Balaban J connectivity index is 2.20. The first-order valence-corrected chi connectivity index (χ1v) is 6.91. The number of nitrogen functional groups attached to an aromatic ring is 1. The van der Waals surface area contributed by atoms with E-state index >= 15 is 0 Å². The number of piperidine rings is 1. The lowest BCUT2D eigenvalue weighted by molar-refractivity contribution is 0.208. The van der Waals surface area contributed by atoms with Gasteiger partial charge < -0.3 is 15.7 Å². The molecule has 1 unspecified atom stereocenters. The van der Waals surface area contributed by atoms with Gasteiger partial charge in [-0.25, -0.2) is 0 Å². The van der Waals surface area contributed by atoms with E-state index < -0.39 is 0 Å². The fraction of sp³-hybridized carbons (Fsp3) is 0.462. The van der Waals surface area contributed by atoms with E-state index in [1.54, 1.807) is 0 Å². The summed E-state index contributed by atoms with van der Waals surface area (Å²) in [4.78, 5) is 2.28. The van der Waals surface area contributed by atoms with Crippen LogP contribution in [0.25, 0.3) is 0 Å². The van der Waals surface area contributed by atoms with Gasteiger partial charge in [0.15, 0.2) is 0 Å². The summed E-state index contributed by atoms with van der Waals surface area (Å²) >= 11 is 3.54. The number of nitrogens with zero attached hydrogens (tertiary/aromatic N) is 1. The quantitative estimate of drug-likeness (QED) is 0.590. The first kappa shape index (κ1) is 13.4. The Hall–Kier alpha value is -1.07. The van der Waals surface area contributed by atoms with Gasteiger partial charge in [0, 0.05) is 29.7 Å². The Kier molecular flexibility index (Phi) is 4.24. The summed E-state index contributed by atoms with van der Waals surface area (Å²) in [6.45, 7) is 2.14. The van der Waals surface area contributed by atoms with Crippen molar-refractivity contribution in [3.63, 3.8) is 0 Å². The largest absolute Gasteiger partial charge is 0.396 e. The standard InChI is InChI=1S/C13H18BrN3O/c14-11-6-10(13(15)16)3-4-12(11)17-5-1-2-9(7-17)8-18/h3-4,6,9,18H,1-2,5,7-8H2,(H3,15,16). The van der Waals surface area contributed by atoms with Crippen molar-refractivity contribution in [2.24, 2.45) is 11.7 Å². The van der Waals surface area contributed by atoms with Crippen LogP contribution < -0.4 is 10.6 Å². The average molecular weight is 312 g/mol. The smallest absolute Gasteiger partial charge is 0.122 e. The van der Waals surface area contributed by atoms with Crippen LogP contribution in [0.15, 0.2) is 22.7 Å². The number of nitrogens with two attached hydrogens (primary N) is 1. The molecule has 4 N–H and O–H groups in total. The van der Waals surface area contributed by atoms with Gasteiger partial charge in [-0.2, -0.15) is 0 Å². The van der Waals surface area contributed by atoms with Crippen LogP contribution in [0.2, 0.25) is 0 Å². The van der Waals surface area contributed by atoms with Crippen LogP contribution >= 0.6 is 15.9 Å². The summed E-state index contributed by atoms with van der Waals surface area (Å²) in [5.41, 5.74) is 7.30. The van der Waals surface area contributed by atoms with E-state index in [-0.39, 0.29) is 12.4 Å². The van der Waals surface area contributed by atoms with Gasteiger partial charge in [0.05, 0.1) is 5.69 Å². The summed E-state index contributed by atoms with van der Waals surface area (Å²) in [7, 11) is 0. The molecule has 98 valence electrons. The molecule has 4 nitrogen and oxygen atoms in total. The normalized spacial score (nSPS) is 19.9. The third-order valence-electron chi connectivity index (χ3n) is 3.38. The fourth-order valence-electron chi connectivity index (χ4n) is 2.36. The molecule has 18 heavy (non-hydrogen) atoms. The molecule has 1 saturated heterocycles. The highest BCUT2D eigenvalue weighted by Gasteiger charge is 2.20. The van der Waals surface area contributed by atoms with Crippen molar-refractivity contribution in [2.45, 2.75) is 12.8 Å². The van der Waals surface area contributed by atoms with Gasteiger partial charge in [-0.3, -0.25) is 5.41 Å². The Morgan fingerprint density at radius 3 is 2.94 bits per heavy atom. The Morgan fingerprint density at radius 1 is 1.56 bits per heavy atom. The number of hydrogen-bond donors (Lipinski definition) is 3. The molecule has 1 aliphatic heterocycles. The molecule has 0 aliphatic carbocycles. The molecule has 1 aromatic carbocycles. The fourth-order valence-corrected chi connectivity index (χ4v) is 2.99. The van der Waals surface area contributed by atoms with E-state index in [1.165, 1.54) is 0 Å². The lowest BCUT2D eigenvalue weighted by atomic mass is 9.98. The predicted octanol–water partition coefficient (Wildman–Crippen LogP) is 1.94. The maximum absolute atomic E-state index is 9.26. The number of amidine groups is 1. The van der Waals surface area contributed by atoms with Gasteiger partial charge >= 0.3 is 0 Å². The van der Waals surface area contributed by atoms with Crippen molar-refractivity contribution in [2.75, 3.05) is 24.6 Å². The highest BCUT2D eigenvalue weighted by molar-refractivity contribution is 9.10. The minimum atomic E-state index is 0.0779. The van der Waals surface area contributed by atoms with Crippen LogP contribution in [0.4, 0.5) is 5.69 Å². The number of halogens is 1. The van der Waals surface area contributed by atoms with Crippen LogP contribution in [-0.4, -0.2) is 30.6 Å². The molecular weight excluding hydrogens is 294 g/mol. The van der Waals surface area contributed by atoms with Crippen molar-refractivity contribution < 1.29 is 5.11 Å². The second kappa shape index (κ2) is 5.71. The molecule has 0 aromatic heterocycles. The second-order valence-corrected chi connectivity index (χ2v) is 5.57. The number of nitrogens with one attached hydrogen (secondary N) is 1. The lowest BCUT2D eigenvalue weighted by Gasteiger charge is -2.34. The van der Waals surface area contributed by atoms with Gasteiger partial charge in [-0.15, -0.1) is 0 Å². The zero-order chi connectivity index (χ0) is 13.1. The maximum atomic E-state index is 9.26. The Labute approximate surface area is 115 Å². The Bertz CT molecular complexity index is 450.